The summed E-state index contributed by atoms with van der Waals surface area (Å²) in [6.45, 7) is 6.27. The van der Waals surface area contributed by atoms with Crippen molar-refractivity contribution < 1.29 is 0 Å². The second-order valence-electron chi connectivity index (χ2n) is 2.90. The summed E-state index contributed by atoms with van der Waals surface area (Å²) in [6.07, 6.45) is 3.89. The molecule has 1 rings (SSSR count). The molecule has 72 valence electrons. The molecule has 13 heavy (non-hydrogen) atoms. The Morgan fingerprint density at radius 2 is 2.23 bits per heavy atom. The lowest BCUT2D eigenvalue weighted by molar-refractivity contribution is 1.10. The molecule has 0 aliphatic rings. The third-order valence-corrected chi connectivity index (χ3v) is 3.32. The Bertz CT molecular complexity index is 303. The number of anilines is 1. The van der Waals surface area contributed by atoms with Gasteiger partial charge >= 0.3 is 0 Å². The van der Waals surface area contributed by atoms with Crippen LogP contribution in [0.5, 0.6) is 0 Å². The van der Waals surface area contributed by atoms with Crippen molar-refractivity contribution in [3.05, 3.63) is 11.8 Å². The van der Waals surface area contributed by atoms with Crippen molar-refractivity contribution in [3.8, 4) is 0 Å². The summed E-state index contributed by atoms with van der Waals surface area (Å²) in [5.74, 6) is 0. The van der Waals surface area contributed by atoms with Crippen LogP contribution in [0.2, 0.25) is 0 Å². The van der Waals surface area contributed by atoms with Gasteiger partial charge in [0.2, 0.25) is 0 Å². The lowest BCUT2D eigenvalue weighted by Crippen LogP contribution is -1.85. The van der Waals surface area contributed by atoms with Gasteiger partial charge in [0.05, 0.1) is 5.69 Å². The van der Waals surface area contributed by atoms with Gasteiger partial charge in [-0.3, -0.25) is 0 Å². The number of nitrogens with zero attached hydrogens (tertiary/aromatic N) is 1. The third kappa shape index (κ3) is 3.04. The van der Waals surface area contributed by atoms with E-state index in [9.17, 15) is 0 Å². The number of nitrogen functional groups attached to an aromatic ring is 1. The van der Waals surface area contributed by atoms with Gasteiger partial charge in [-0.2, -0.15) is 0 Å². The second kappa shape index (κ2) is 4.67. The van der Waals surface area contributed by atoms with E-state index >= 15 is 0 Å². The van der Waals surface area contributed by atoms with E-state index in [0.717, 1.165) is 15.0 Å². The first-order valence-corrected chi connectivity index (χ1v) is 5.88. The highest BCUT2D eigenvalue weighted by atomic mass is 32.2. The molecular weight excluding hydrogens is 200 g/mol. The molecule has 0 atom stereocenters. The smallest absolute Gasteiger partial charge is 0.152 e. The van der Waals surface area contributed by atoms with E-state index in [0.29, 0.717) is 5.25 Å². The van der Waals surface area contributed by atoms with Gasteiger partial charge in [0.25, 0.3) is 0 Å². The predicted molar refractivity (Wildman–Crippen MR) is 62.2 cm³/mol. The van der Waals surface area contributed by atoms with Gasteiger partial charge in [-0.05, 0) is 13.0 Å². The van der Waals surface area contributed by atoms with Crippen LogP contribution >= 0.6 is 23.1 Å². The first kappa shape index (κ1) is 10.6. The average molecular weight is 214 g/mol. The maximum atomic E-state index is 5.79. The van der Waals surface area contributed by atoms with E-state index in [1.807, 2.05) is 19.1 Å². The molecule has 0 fully saturated rings. The molecule has 0 aliphatic heterocycles. The number of allylic oxidation sites excluding steroid dienone is 1. The fourth-order valence-electron chi connectivity index (χ4n) is 0.852. The Hall–Kier alpha value is -0.480. The average Bonchev–Trinajstić information content (AvgIpc) is 2.31. The minimum absolute atomic E-state index is 0.559. The van der Waals surface area contributed by atoms with Crippen LogP contribution in [0.15, 0.2) is 10.4 Å². The molecule has 1 aromatic heterocycles. The Morgan fingerprint density at radius 1 is 1.54 bits per heavy atom. The highest BCUT2D eigenvalue weighted by Crippen LogP contribution is 2.32. The zero-order chi connectivity index (χ0) is 9.84. The summed E-state index contributed by atoms with van der Waals surface area (Å²) in [5.41, 5.74) is 6.69. The molecule has 0 radical (unpaired) electrons. The van der Waals surface area contributed by atoms with Crippen molar-refractivity contribution in [2.24, 2.45) is 0 Å². The fraction of sp³-hybridized carbons (Fsp3) is 0.444. The van der Waals surface area contributed by atoms with Gasteiger partial charge in [0.15, 0.2) is 4.34 Å². The second-order valence-corrected chi connectivity index (χ2v) is 5.75. The van der Waals surface area contributed by atoms with Crippen molar-refractivity contribution in [1.29, 1.82) is 0 Å². The minimum atomic E-state index is 0.559. The molecule has 0 bridgehead atoms. The molecule has 1 heterocycles. The summed E-state index contributed by atoms with van der Waals surface area (Å²) in [5, 5.41) is 1.37. The van der Waals surface area contributed by atoms with Crippen LogP contribution in [-0.2, 0) is 0 Å². The first-order valence-electron chi connectivity index (χ1n) is 4.19. The van der Waals surface area contributed by atoms with Crippen LogP contribution in [0.4, 0.5) is 5.00 Å². The summed E-state index contributed by atoms with van der Waals surface area (Å²) in [7, 11) is 0. The minimum Gasteiger partial charge on any atom is -0.389 e. The maximum Gasteiger partial charge on any atom is 0.152 e. The standard InChI is InChI=1S/C9H14N2S2/c1-4-5-7-8(10)13-9(11-7)12-6(2)3/h4-6H,10H2,1-3H3/b5-4+. The molecule has 0 unspecified atom stereocenters. The van der Waals surface area contributed by atoms with Crippen LogP contribution < -0.4 is 5.73 Å². The van der Waals surface area contributed by atoms with Gasteiger partial charge in [0, 0.05) is 5.25 Å². The zero-order valence-corrected chi connectivity index (χ0v) is 9.71. The van der Waals surface area contributed by atoms with E-state index < -0.39 is 0 Å². The number of thiazole rings is 1. The summed E-state index contributed by atoms with van der Waals surface area (Å²) < 4.78 is 1.06. The van der Waals surface area contributed by atoms with Crippen LogP contribution in [0, 0.1) is 0 Å². The highest BCUT2D eigenvalue weighted by Gasteiger charge is 2.07. The number of hydrogen-bond donors (Lipinski definition) is 1. The van der Waals surface area contributed by atoms with E-state index in [2.05, 4.69) is 18.8 Å². The number of hydrogen-bond acceptors (Lipinski definition) is 4. The fourth-order valence-corrected chi connectivity index (χ4v) is 3.00. The van der Waals surface area contributed by atoms with E-state index in [1.54, 1.807) is 23.1 Å². The summed E-state index contributed by atoms with van der Waals surface area (Å²) in [6, 6.07) is 0. The molecule has 0 saturated heterocycles. The van der Waals surface area contributed by atoms with Crippen LogP contribution in [0.3, 0.4) is 0 Å². The van der Waals surface area contributed by atoms with Gasteiger partial charge in [-0.25, -0.2) is 4.98 Å². The Balaban J connectivity index is 2.82. The molecule has 0 aromatic carbocycles. The lowest BCUT2D eigenvalue weighted by Gasteiger charge is -1.97. The normalized spacial score (nSPS) is 11.7. The van der Waals surface area contributed by atoms with Crippen molar-refractivity contribution in [1.82, 2.24) is 4.98 Å². The molecule has 2 N–H and O–H groups in total. The van der Waals surface area contributed by atoms with Crippen molar-refractivity contribution in [2.75, 3.05) is 5.73 Å². The molecule has 0 aliphatic carbocycles. The molecule has 0 saturated carbocycles. The van der Waals surface area contributed by atoms with Gasteiger partial charge < -0.3 is 5.73 Å². The molecule has 1 aromatic rings. The molecule has 4 heteroatoms. The maximum absolute atomic E-state index is 5.79. The predicted octanol–water partition coefficient (Wildman–Crippen LogP) is 3.26. The topological polar surface area (TPSA) is 38.9 Å². The first-order chi connectivity index (χ1) is 6.13. The number of rotatable bonds is 3. The van der Waals surface area contributed by atoms with E-state index in [1.165, 1.54) is 0 Å². The van der Waals surface area contributed by atoms with Crippen molar-refractivity contribution in [3.63, 3.8) is 0 Å². The zero-order valence-electron chi connectivity index (χ0n) is 8.07. The SMILES string of the molecule is C/C=C/c1nc(SC(C)C)sc1N. The van der Waals surface area contributed by atoms with Gasteiger partial charge in [0.1, 0.15) is 5.00 Å². The molecule has 0 amide bonds. The monoisotopic (exact) mass is 214 g/mol. The summed E-state index contributed by atoms with van der Waals surface area (Å²) >= 11 is 3.31. The molecule has 2 nitrogen and oxygen atoms in total. The van der Waals surface area contributed by atoms with Crippen LogP contribution in [0.1, 0.15) is 26.5 Å². The Labute approximate surface area is 87.3 Å². The van der Waals surface area contributed by atoms with E-state index in [4.69, 9.17) is 5.73 Å². The van der Waals surface area contributed by atoms with Gasteiger partial charge in [-0.15, -0.1) is 0 Å². The van der Waals surface area contributed by atoms with Crippen LogP contribution in [0.25, 0.3) is 6.08 Å². The molecule has 0 spiro atoms. The lowest BCUT2D eigenvalue weighted by atomic mass is 10.4. The largest absolute Gasteiger partial charge is 0.389 e. The Kier molecular flexibility index (Phi) is 3.81. The van der Waals surface area contributed by atoms with Crippen LogP contribution in [-0.4, -0.2) is 10.2 Å². The number of aromatic nitrogens is 1. The number of thioether (sulfide) groups is 1. The number of nitrogens with two attached hydrogens (primary N) is 1. The molecular formula is C9H14N2S2. The van der Waals surface area contributed by atoms with E-state index in [-0.39, 0.29) is 0 Å². The highest BCUT2D eigenvalue weighted by molar-refractivity contribution is 8.01. The van der Waals surface area contributed by atoms with Gasteiger partial charge in [-0.1, -0.05) is 43.0 Å². The van der Waals surface area contributed by atoms with Crippen molar-refractivity contribution in [2.45, 2.75) is 30.4 Å². The third-order valence-electron chi connectivity index (χ3n) is 1.32. The van der Waals surface area contributed by atoms with Crippen molar-refractivity contribution >= 4 is 34.2 Å². The quantitative estimate of drug-likeness (QED) is 0.785. The summed E-state index contributed by atoms with van der Waals surface area (Å²) in [4.78, 5) is 4.41. The Morgan fingerprint density at radius 3 is 2.77 bits per heavy atom.